The van der Waals surface area contributed by atoms with Crippen LogP contribution in [-0.4, -0.2) is 24.5 Å². The Kier molecular flexibility index (Phi) is 4.54. The monoisotopic (exact) mass is 222 g/mol. The third-order valence-electron chi connectivity index (χ3n) is 1.93. The van der Waals surface area contributed by atoms with Crippen LogP contribution in [0.25, 0.3) is 0 Å². The highest BCUT2D eigenvalue weighted by Crippen LogP contribution is 2.68. The SMILES string of the molecule is CNO[P+](C)(OC(C)(C)C)C(C)(C)C. The Hall–Kier alpha value is 0.310. The van der Waals surface area contributed by atoms with E-state index in [9.17, 15) is 0 Å². The van der Waals surface area contributed by atoms with Crippen LogP contribution in [0.2, 0.25) is 0 Å². The first kappa shape index (κ1) is 14.3. The molecule has 0 aromatic heterocycles. The molecule has 0 spiro atoms. The average molecular weight is 222 g/mol. The predicted molar refractivity (Wildman–Crippen MR) is 63.6 cm³/mol. The van der Waals surface area contributed by atoms with Crippen molar-refractivity contribution in [2.45, 2.75) is 52.3 Å². The van der Waals surface area contributed by atoms with Crippen molar-refractivity contribution in [3.63, 3.8) is 0 Å². The van der Waals surface area contributed by atoms with E-state index in [4.69, 9.17) is 9.15 Å². The minimum atomic E-state index is -1.89. The molecule has 0 aromatic rings. The van der Waals surface area contributed by atoms with Gasteiger partial charge in [-0.15, -0.1) is 4.62 Å². The minimum absolute atomic E-state index is 0.0172. The smallest absolute Gasteiger partial charge is 0.199 e. The van der Waals surface area contributed by atoms with Crippen LogP contribution in [0, 0.1) is 0 Å². The zero-order valence-corrected chi connectivity index (χ0v) is 11.7. The van der Waals surface area contributed by atoms with Crippen LogP contribution in [0.5, 0.6) is 0 Å². The lowest BCUT2D eigenvalue weighted by atomic mass is 10.2. The van der Waals surface area contributed by atoms with Gasteiger partial charge in [0.15, 0.2) is 0 Å². The number of rotatable bonds is 3. The van der Waals surface area contributed by atoms with E-state index in [0.717, 1.165) is 0 Å². The molecule has 1 unspecified atom stereocenters. The van der Waals surface area contributed by atoms with Crippen LogP contribution in [0.4, 0.5) is 0 Å². The van der Waals surface area contributed by atoms with Gasteiger partial charge in [0.2, 0.25) is 0 Å². The normalized spacial score (nSPS) is 18.0. The third kappa shape index (κ3) is 4.22. The van der Waals surface area contributed by atoms with Crippen molar-refractivity contribution in [1.29, 1.82) is 0 Å². The van der Waals surface area contributed by atoms with Gasteiger partial charge in [-0.1, -0.05) is 0 Å². The van der Waals surface area contributed by atoms with Gasteiger partial charge in [0.25, 0.3) is 0 Å². The maximum absolute atomic E-state index is 6.06. The fraction of sp³-hybridized carbons (Fsp3) is 1.00. The number of hydrogen-bond donors (Lipinski definition) is 1. The molecule has 1 N–H and O–H groups in total. The molecule has 0 heterocycles. The first-order valence-corrected chi connectivity index (χ1v) is 7.02. The van der Waals surface area contributed by atoms with Gasteiger partial charge in [-0.3, -0.25) is 0 Å². The number of hydroxylamine groups is 1. The zero-order chi connectivity index (χ0) is 11.6. The molecule has 0 radical (unpaired) electrons. The van der Waals surface area contributed by atoms with E-state index in [1.54, 1.807) is 7.05 Å². The third-order valence-corrected chi connectivity index (χ3v) is 5.80. The summed E-state index contributed by atoms with van der Waals surface area (Å²) >= 11 is 0. The molecule has 0 saturated heterocycles. The second-order valence-corrected chi connectivity index (χ2v) is 8.91. The maximum atomic E-state index is 6.06. The Morgan fingerprint density at radius 1 is 1.00 bits per heavy atom. The summed E-state index contributed by atoms with van der Waals surface area (Å²) in [5, 5.41) is 0.0172. The molecule has 0 aliphatic carbocycles. The van der Waals surface area contributed by atoms with Gasteiger partial charge in [-0.05, 0) is 41.5 Å². The first-order valence-electron chi connectivity index (χ1n) is 4.94. The second kappa shape index (κ2) is 4.44. The molecule has 14 heavy (non-hydrogen) atoms. The summed E-state index contributed by atoms with van der Waals surface area (Å²) in [6.45, 7) is 14.6. The quantitative estimate of drug-likeness (QED) is 0.587. The van der Waals surface area contributed by atoms with E-state index in [2.05, 4.69) is 53.7 Å². The molecular weight excluding hydrogens is 197 g/mol. The Bertz CT molecular complexity index is 184. The van der Waals surface area contributed by atoms with Gasteiger partial charge in [0.05, 0.1) is 0 Å². The predicted octanol–water partition coefficient (Wildman–Crippen LogP) is 3.23. The average Bonchev–Trinajstić information content (AvgIpc) is 1.79. The summed E-state index contributed by atoms with van der Waals surface area (Å²) < 4.78 is 11.7. The fourth-order valence-corrected chi connectivity index (χ4v) is 2.97. The molecule has 0 saturated carbocycles. The molecule has 86 valence electrons. The molecule has 0 aliphatic heterocycles. The summed E-state index contributed by atoms with van der Waals surface area (Å²) in [5.41, 5.74) is 2.59. The minimum Gasteiger partial charge on any atom is -0.199 e. The highest BCUT2D eigenvalue weighted by atomic mass is 31.2. The largest absolute Gasteiger partial charge is 0.302 e. The van der Waals surface area contributed by atoms with Crippen LogP contribution in [0.3, 0.4) is 0 Å². The van der Waals surface area contributed by atoms with Gasteiger partial charge in [0, 0.05) is 7.05 Å². The number of nitrogens with one attached hydrogen (secondary N) is 1. The van der Waals surface area contributed by atoms with Crippen LogP contribution in [0.1, 0.15) is 41.5 Å². The van der Waals surface area contributed by atoms with E-state index in [1.807, 2.05) is 0 Å². The molecule has 0 fully saturated rings. The molecule has 0 bridgehead atoms. The van der Waals surface area contributed by atoms with Gasteiger partial charge in [-0.2, -0.15) is 10.0 Å². The van der Waals surface area contributed by atoms with Gasteiger partial charge in [-0.25, -0.2) is 0 Å². The second-order valence-electron chi connectivity index (χ2n) is 5.52. The lowest BCUT2D eigenvalue weighted by Crippen LogP contribution is -2.32. The van der Waals surface area contributed by atoms with Crippen molar-refractivity contribution in [1.82, 2.24) is 5.48 Å². The van der Waals surface area contributed by atoms with Gasteiger partial charge < -0.3 is 0 Å². The Labute approximate surface area is 89.0 Å². The van der Waals surface area contributed by atoms with Crippen molar-refractivity contribution in [2.24, 2.45) is 0 Å². The van der Waals surface area contributed by atoms with Crippen molar-refractivity contribution >= 4 is 7.72 Å². The highest BCUT2D eigenvalue weighted by molar-refractivity contribution is 7.67. The molecule has 0 aromatic carbocycles. The Balaban J connectivity index is 4.74. The van der Waals surface area contributed by atoms with Crippen molar-refractivity contribution < 1.29 is 9.15 Å². The van der Waals surface area contributed by atoms with Gasteiger partial charge in [0.1, 0.15) is 17.4 Å². The molecule has 3 nitrogen and oxygen atoms in total. The van der Waals surface area contributed by atoms with E-state index in [0.29, 0.717) is 0 Å². The molecule has 0 aliphatic rings. The summed E-state index contributed by atoms with van der Waals surface area (Å²) in [4.78, 5) is 0. The molecule has 1 atom stereocenters. The van der Waals surface area contributed by atoms with E-state index in [1.165, 1.54) is 0 Å². The molecule has 0 amide bonds. The highest BCUT2D eigenvalue weighted by Gasteiger charge is 2.53. The first-order chi connectivity index (χ1) is 6.02. The lowest BCUT2D eigenvalue weighted by molar-refractivity contribution is 0.0826. The summed E-state index contributed by atoms with van der Waals surface area (Å²) in [6, 6.07) is 0. The number of hydrogen-bond acceptors (Lipinski definition) is 3. The molecular formula is C10H25NO2P+. The van der Waals surface area contributed by atoms with Crippen LogP contribution >= 0.6 is 7.72 Å². The van der Waals surface area contributed by atoms with Crippen molar-refractivity contribution in [3.8, 4) is 0 Å². The topological polar surface area (TPSA) is 30.5 Å². The van der Waals surface area contributed by atoms with Crippen LogP contribution < -0.4 is 5.48 Å². The Morgan fingerprint density at radius 3 is 1.64 bits per heavy atom. The van der Waals surface area contributed by atoms with Crippen molar-refractivity contribution in [3.05, 3.63) is 0 Å². The Morgan fingerprint density at radius 2 is 1.43 bits per heavy atom. The summed E-state index contributed by atoms with van der Waals surface area (Å²) in [7, 11) is -0.112. The van der Waals surface area contributed by atoms with Gasteiger partial charge >= 0.3 is 7.72 Å². The maximum Gasteiger partial charge on any atom is 0.302 e. The molecule has 0 rings (SSSR count). The van der Waals surface area contributed by atoms with Crippen LogP contribution in [-0.2, 0) is 9.15 Å². The fourth-order valence-electron chi connectivity index (χ4n) is 0.989. The zero-order valence-electron chi connectivity index (χ0n) is 10.8. The van der Waals surface area contributed by atoms with Crippen molar-refractivity contribution in [2.75, 3.05) is 13.7 Å². The summed E-state index contributed by atoms with van der Waals surface area (Å²) in [6.07, 6.45) is 0. The standard InChI is InChI=1S/C10H25NO2P/c1-9(2,3)12-14(8,13-11-7)10(4,5)6/h11H,1-8H3/q+1. The van der Waals surface area contributed by atoms with Crippen LogP contribution in [0.15, 0.2) is 0 Å². The van der Waals surface area contributed by atoms with E-state index in [-0.39, 0.29) is 10.8 Å². The van der Waals surface area contributed by atoms with E-state index >= 15 is 0 Å². The van der Waals surface area contributed by atoms with E-state index < -0.39 is 7.72 Å². The lowest BCUT2D eigenvalue weighted by Gasteiger charge is -2.34. The molecule has 4 heteroatoms. The summed E-state index contributed by atoms with van der Waals surface area (Å²) in [5.74, 6) is 0.